The van der Waals surface area contributed by atoms with Crippen molar-refractivity contribution in [1.29, 1.82) is 0 Å². The first-order chi connectivity index (χ1) is 4.43. The largest absolute Gasteiger partial charge is 0.349 e. The van der Waals surface area contributed by atoms with E-state index in [4.69, 9.17) is 0 Å². The first kappa shape index (κ1) is 7.03. The van der Waals surface area contributed by atoms with E-state index >= 15 is 0 Å². The summed E-state index contributed by atoms with van der Waals surface area (Å²) in [7, 11) is 2.13. The fourth-order valence-corrected chi connectivity index (χ4v) is 1.16. The van der Waals surface area contributed by atoms with Gasteiger partial charge in [-0.1, -0.05) is 0 Å². The molecule has 3 N–H and O–H groups in total. The van der Waals surface area contributed by atoms with E-state index in [1.807, 2.05) is 0 Å². The van der Waals surface area contributed by atoms with Gasteiger partial charge in [0.25, 0.3) is 0 Å². The summed E-state index contributed by atoms with van der Waals surface area (Å²) in [4.78, 5) is 0. The van der Waals surface area contributed by atoms with Gasteiger partial charge in [0.1, 0.15) is 0 Å². The average molecular weight is 129 g/mol. The van der Waals surface area contributed by atoms with E-state index in [2.05, 4.69) is 17.7 Å². The molecule has 2 heteroatoms. The van der Waals surface area contributed by atoms with Gasteiger partial charge in [0, 0.05) is 6.04 Å². The van der Waals surface area contributed by atoms with Gasteiger partial charge >= 0.3 is 0 Å². The van der Waals surface area contributed by atoms with Gasteiger partial charge in [-0.3, -0.25) is 0 Å². The van der Waals surface area contributed by atoms with Gasteiger partial charge in [0.05, 0.1) is 13.6 Å². The van der Waals surface area contributed by atoms with Gasteiger partial charge < -0.3 is 10.6 Å². The molecule has 0 amide bonds. The van der Waals surface area contributed by atoms with Crippen molar-refractivity contribution >= 4 is 0 Å². The Morgan fingerprint density at radius 1 is 1.67 bits per heavy atom. The van der Waals surface area contributed by atoms with Gasteiger partial charge in [0.15, 0.2) is 0 Å². The number of quaternary nitrogens is 1. The number of hydrogen-bond donors (Lipinski definition) is 2. The van der Waals surface area contributed by atoms with Crippen molar-refractivity contribution in [3.63, 3.8) is 0 Å². The Kier molecular flexibility index (Phi) is 3.01. The minimum atomic E-state index is 0.866. The Bertz CT molecular complexity index is 69.3. The van der Waals surface area contributed by atoms with E-state index in [1.165, 1.54) is 32.4 Å². The molecular formula is C7H17N2+. The molecule has 54 valence electrons. The van der Waals surface area contributed by atoms with Crippen molar-refractivity contribution in [2.75, 3.05) is 20.1 Å². The summed E-state index contributed by atoms with van der Waals surface area (Å²) < 4.78 is 0. The SMILES string of the molecule is C[NH2+]CCCC1CCN1. The molecule has 0 aromatic heterocycles. The van der Waals surface area contributed by atoms with Crippen LogP contribution < -0.4 is 10.6 Å². The fourth-order valence-electron chi connectivity index (χ4n) is 1.16. The van der Waals surface area contributed by atoms with Crippen LogP contribution in [0.25, 0.3) is 0 Å². The van der Waals surface area contributed by atoms with Gasteiger partial charge in [-0.2, -0.15) is 0 Å². The molecule has 1 heterocycles. The molecule has 1 atom stereocenters. The van der Waals surface area contributed by atoms with E-state index in [1.54, 1.807) is 0 Å². The second-order valence-corrected chi connectivity index (χ2v) is 2.78. The number of nitrogens with two attached hydrogens (primary N) is 1. The second kappa shape index (κ2) is 3.85. The molecule has 1 aliphatic heterocycles. The fraction of sp³-hybridized carbons (Fsp3) is 1.00. The summed E-state index contributed by atoms with van der Waals surface area (Å²) >= 11 is 0. The second-order valence-electron chi connectivity index (χ2n) is 2.78. The molecule has 1 fully saturated rings. The highest BCUT2D eigenvalue weighted by Gasteiger charge is 2.14. The molecule has 1 unspecified atom stereocenters. The standard InChI is InChI=1S/C7H16N2/c1-8-5-2-3-7-4-6-9-7/h7-9H,2-6H2,1H3/p+1. The summed E-state index contributed by atoms with van der Waals surface area (Å²) in [5.74, 6) is 0. The Balaban J connectivity index is 1.80. The molecule has 0 aromatic carbocycles. The lowest BCUT2D eigenvalue weighted by Crippen LogP contribution is -2.79. The predicted octanol–water partition coefficient (Wildman–Crippen LogP) is -0.678. The van der Waals surface area contributed by atoms with Crippen LogP contribution in [0.3, 0.4) is 0 Å². The third kappa shape index (κ3) is 2.33. The van der Waals surface area contributed by atoms with Crippen molar-refractivity contribution in [3.05, 3.63) is 0 Å². The lowest BCUT2D eigenvalue weighted by Gasteiger charge is -2.27. The molecule has 0 aliphatic carbocycles. The lowest BCUT2D eigenvalue weighted by atomic mass is 10.0. The summed E-state index contributed by atoms with van der Waals surface area (Å²) in [6.45, 7) is 2.54. The third-order valence-electron chi connectivity index (χ3n) is 1.97. The highest BCUT2D eigenvalue weighted by molar-refractivity contribution is 4.76. The summed E-state index contributed by atoms with van der Waals surface area (Å²) in [6.07, 6.45) is 4.15. The summed E-state index contributed by atoms with van der Waals surface area (Å²) in [5, 5.41) is 5.64. The van der Waals surface area contributed by atoms with Gasteiger partial charge in [0.2, 0.25) is 0 Å². The third-order valence-corrected chi connectivity index (χ3v) is 1.97. The first-order valence-corrected chi connectivity index (χ1v) is 3.94. The molecule has 1 saturated heterocycles. The maximum Gasteiger partial charge on any atom is 0.0753 e. The van der Waals surface area contributed by atoms with Crippen molar-refractivity contribution in [2.45, 2.75) is 25.3 Å². The van der Waals surface area contributed by atoms with Gasteiger partial charge in [-0.25, -0.2) is 0 Å². The molecule has 0 aromatic rings. The number of rotatable bonds is 4. The van der Waals surface area contributed by atoms with E-state index in [9.17, 15) is 0 Å². The van der Waals surface area contributed by atoms with Gasteiger partial charge in [-0.15, -0.1) is 0 Å². The van der Waals surface area contributed by atoms with Crippen LogP contribution in [0.5, 0.6) is 0 Å². The maximum absolute atomic E-state index is 3.39. The molecule has 1 rings (SSSR count). The quantitative estimate of drug-likeness (QED) is 0.484. The molecule has 2 nitrogen and oxygen atoms in total. The molecule has 0 spiro atoms. The number of nitrogens with one attached hydrogen (secondary N) is 1. The van der Waals surface area contributed by atoms with Crippen LogP contribution in [-0.4, -0.2) is 26.2 Å². The Hall–Kier alpha value is -0.0800. The highest BCUT2D eigenvalue weighted by Crippen LogP contribution is 2.07. The minimum Gasteiger partial charge on any atom is -0.349 e. The monoisotopic (exact) mass is 129 g/mol. The van der Waals surface area contributed by atoms with E-state index in [0.717, 1.165) is 6.04 Å². The molecule has 0 radical (unpaired) electrons. The average Bonchev–Trinajstić information content (AvgIpc) is 1.76. The Morgan fingerprint density at radius 3 is 2.89 bits per heavy atom. The zero-order chi connectivity index (χ0) is 6.53. The van der Waals surface area contributed by atoms with Crippen LogP contribution >= 0.6 is 0 Å². The summed E-state index contributed by atoms with van der Waals surface area (Å²) in [6, 6.07) is 0.866. The zero-order valence-corrected chi connectivity index (χ0v) is 6.19. The topological polar surface area (TPSA) is 28.6 Å². The molecule has 9 heavy (non-hydrogen) atoms. The van der Waals surface area contributed by atoms with E-state index in [0.29, 0.717) is 0 Å². The van der Waals surface area contributed by atoms with Crippen LogP contribution in [0.15, 0.2) is 0 Å². The van der Waals surface area contributed by atoms with Crippen LogP contribution in [-0.2, 0) is 0 Å². The summed E-state index contributed by atoms with van der Waals surface area (Å²) in [5.41, 5.74) is 0. The molecule has 0 bridgehead atoms. The molecule has 0 saturated carbocycles. The van der Waals surface area contributed by atoms with E-state index < -0.39 is 0 Å². The van der Waals surface area contributed by atoms with Crippen molar-refractivity contribution < 1.29 is 5.32 Å². The van der Waals surface area contributed by atoms with Crippen LogP contribution in [0.4, 0.5) is 0 Å². The van der Waals surface area contributed by atoms with E-state index in [-0.39, 0.29) is 0 Å². The minimum absolute atomic E-state index is 0.866. The Labute approximate surface area is 57.0 Å². The maximum atomic E-state index is 3.39. The predicted molar refractivity (Wildman–Crippen MR) is 38.4 cm³/mol. The lowest BCUT2D eigenvalue weighted by molar-refractivity contribution is -0.627. The van der Waals surface area contributed by atoms with Crippen LogP contribution in [0, 0.1) is 0 Å². The smallest absolute Gasteiger partial charge is 0.0753 e. The molecule has 1 aliphatic rings. The first-order valence-electron chi connectivity index (χ1n) is 3.94. The van der Waals surface area contributed by atoms with Crippen molar-refractivity contribution in [1.82, 2.24) is 5.32 Å². The highest BCUT2D eigenvalue weighted by atomic mass is 15.0. The molecular weight excluding hydrogens is 112 g/mol. The number of hydrogen-bond acceptors (Lipinski definition) is 1. The van der Waals surface area contributed by atoms with Gasteiger partial charge in [-0.05, 0) is 25.8 Å². The van der Waals surface area contributed by atoms with Crippen LogP contribution in [0.2, 0.25) is 0 Å². The zero-order valence-electron chi connectivity index (χ0n) is 6.19. The van der Waals surface area contributed by atoms with Crippen molar-refractivity contribution in [3.8, 4) is 0 Å². The van der Waals surface area contributed by atoms with Crippen LogP contribution in [0.1, 0.15) is 19.3 Å². The normalized spacial score (nSPS) is 25.7. The Morgan fingerprint density at radius 2 is 2.44 bits per heavy atom. The van der Waals surface area contributed by atoms with Crippen molar-refractivity contribution in [2.24, 2.45) is 0 Å².